The van der Waals surface area contributed by atoms with Crippen molar-refractivity contribution in [1.82, 2.24) is 0 Å². The minimum Gasteiger partial charge on any atom is -0.478 e. The Kier molecular flexibility index (Phi) is 3.74. The molecule has 4 nitrogen and oxygen atoms in total. The molecule has 2 aromatic rings. The third-order valence-electron chi connectivity index (χ3n) is 2.25. The van der Waals surface area contributed by atoms with Crippen LogP contribution in [0.5, 0.6) is 0 Å². The van der Waals surface area contributed by atoms with E-state index in [0.717, 1.165) is 0 Å². The van der Waals surface area contributed by atoms with Crippen LogP contribution >= 0.6 is 12.6 Å². The smallest absolute Gasteiger partial charge is 0.336 e. The van der Waals surface area contributed by atoms with E-state index >= 15 is 0 Å². The lowest BCUT2D eigenvalue weighted by molar-refractivity contribution is 0.0693. The maximum Gasteiger partial charge on any atom is 0.336 e. The van der Waals surface area contributed by atoms with Crippen molar-refractivity contribution < 1.29 is 9.90 Å². The quantitative estimate of drug-likeness (QED) is 0.643. The van der Waals surface area contributed by atoms with Crippen molar-refractivity contribution in [2.24, 2.45) is 10.2 Å². The SMILES string of the molecule is O=C(O)c1cc(N=Nc2ccccc2)ccc1S. The van der Waals surface area contributed by atoms with E-state index in [2.05, 4.69) is 22.9 Å². The Morgan fingerprint density at radius 3 is 2.33 bits per heavy atom. The van der Waals surface area contributed by atoms with Gasteiger partial charge in [0, 0.05) is 4.90 Å². The van der Waals surface area contributed by atoms with Gasteiger partial charge in [-0.3, -0.25) is 0 Å². The number of azo groups is 1. The first kappa shape index (κ1) is 12.3. The first-order chi connectivity index (χ1) is 8.66. The Morgan fingerprint density at radius 2 is 1.67 bits per heavy atom. The van der Waals surface area contributed by atoms with Crippen molar-refractivity contribution in [2.45, 2.75) is 4.90 Å². The van der Waals surface area contributed by atoms with Crippen molar-refractivity contribution in [2.75, 3.05) is 0 Å². The molecule has 1 N–H and O–H groups in total. The largest absolute Gasteiger partial charge is 0.478 e. The molecule has 0 aromatic heterocycles. The monoisotopic (exact) mass is 258 g/mol. The summed E-state index contributed by atoms with van der Waals surface area (Å²) in [7, 11) is 0. The molecule has 0 radical (unpaired) electrons. The summed E-state index contributed by atoms with van der Waals surface area (Å²) in [4.78, 5) is 11.3. The second-order valence-corrected chi connectivity index (χ2v) is 4.02. The topological polar surface area (TPSA) is 62.0 Å². The molecule has 2 rings (SSSR count). The van der Waals surface area contributed by atoms with Gasteiger partial charge in [0.25, 0.3) is 0 Å². The van der Waals surface area contributed by atoms with Crippen LogP contribution in [0.15, 0.2) is 63.7 Å². The first-order valence-electron chi connectivity index (χ1n) is 5.20. The fraction of sp³-hybridized carbons (Fsp3) is 0. The van der Waals surface area contributed by atoms with Gasteiger partial charge in [0.1, 0.15) is 0 Å². The molecule has 18 heavy (non-hydrogen) atoms. The van der Waals surface area contributed by atoms with Crippen molar-refractivity contribution in [1.29, 1.82) is 0 Å². The Bertz CT molecular complexity index is 597. The van der Waals surface area contributed by atoms with Crippen molar-refractivity contribution in [3.05, 3.63) is 54.1 Å². The summed E-state index contributed by atoms with van der Waals surface area (Å²) in [6.45, 7) is 0. The van der Waals surface area contributed by atoms with E-state index < -0.39 is 5.97 Å². The zero-order valence-electron chi connectivity index (χ0n) is 9.32. The van der Waals surface area contributed by atoms with Gasteiger partial charge >= 0.3 is 5.97 Å². The van der Waals surface area contributed by atoms with Crippen LogP contribution < -0.4 is 0 Å². The highest BCUT2D eigenvalue weighted by atomic mass is 32.1. The number of rotatable bonds is 3. The number of carboxylic acid groups (broad SMARTS) is 1. The summed E-state index contributed by atoms with van der Waals surface area (Å²) in [6, 6.07) is 13.9. The van der Waals surface area contributed by atoms with E-state index in [4.69, 9.17) is 5.11 Å². The molecule has 5 heteroatoms. The zero-order valence-corrected chi connectivity index (χ0v) is 10.2. The molecule has 0 bridgehead atoms. The first-order valence-corrected chi connectivity index (χ1v) is 5.64. The molecular formula is C13H10N2O2S. The fourth-order valence-corrected chi connectivity index (χ4v) is 1.60. The van der Waals surface area contributed by atoms with Gasteiger partial charge in [0.2, 0.25) is 0 Å². The molecule has 0 spiro atoms. The lowest BCUT2D eigenvalue weighted by Gasteiger charge is -2.00. The molecule has 90 valence electrons. The van der Waals surface area contributed by atoms with Gasteiger partial charge in [-0.2, -0.15) is 10.2 Å². The Labute approximate surface area is 109 Å². The summed E-state index contributed by atoms with van der Waals surface area (Å²) >= 11 is 4.07. The lowest BCUT2D eigenvalue weighted by Crippen LogP contribution is -1.96. The van der Waals surface area contributed by atoms with Gasteiger partial charge in [0.15, 0.2) is 0 Å². The third-order valence-corrected chi connectivity index (χ3v) is 2.64. The molecule has 0 heterocycles. The van der Waals surface area contributed by atoms with E-state index in [-0.39, 0.29) is 5.56 Å². The highest BCUT2D eigenvalue weighted by molar-refractivity contribution is 7.80. The summed E-state index contributed by atoms with van der Waals surface area (Å²) in [6.07, 6.45) is 0. The van der Waals surface area contributed by atoms with Gasteiger partial charge in [-0.25, -0.2) is 4.79 Å². The number of hydrogen-bond donors (Lipinski definition) is 2. The van der Waals surface area contributed by atoms with E-state index in [1.165, 1.54) is 6.07 Å². The van der Waals surface area contributed by atoms with Crippen molar-refractivity contribution in [3.8, 4) is 0 Å². The summed E-state index contributed by atoms with van der Waals surface area (Å²) in [5, 5.41) is 17.0. The maximum atomic E-state index is 10.9. The van der Waals surface area contributed by atoms with Gasteiger partial charge in [0.05, 0.1) is 16.9 Å². The van der Waals surface area contributed by atoms with Gasteiger partial charge in [-0.15, -0.1) is 12.6 Å². The van der Waals surface area contributed by atoms with E-state index in [1.807, 2.05) is 30.3 Å². The Morgan fingerprint density at radius 1 is 1.00 bits per heavy atom. The van der Waals surface area contributed by atoms with Gasteiger partial charge in [-0.05, 0) is 30.3 Å². The Balaban J connectivity index is 2.28. The van der Waals surface area contributed by atoms with E-state index in [0.29, 0.717) is 16.3 Å². The van der Waals surface area contributed by atoms with Crippen LogP contribution in [0.2, 0.25) is 0 Å². The summed E-state index contributed by atoms with van der Waals surface area (Å²) < 4.78 is 0. The zero-order chi connectivity index (χ0) is 13.0. The average Bonchev–Trinajstić information content (AvgIpc) is 2.38. The lowest BCUT2D eigenvalue weighted by atomic mass is 10.2. The Hall–Kier alpha value is -2.14. The minimum absolute atomic E-state index is 0.114. The number of carboxylic acids is 1. The number of nitrogens with zero attached hydrogens (tertiary/aromatic N) is 2. The van der Waals surface area contributed by atoms with Crippen LogP contribution in [-0.2, 0) is 0 Å². The number of aromatic carboxylic acids is 1. The molecule has 0 saturated heterocycles. The normalized spacial score (nSPS) is 10.7. The molecule has 0 saturated carbocycles. The second-order valence-electron chi connectivity index (χ2n) is 3.54. The van der Waals surface area contributed by atoms with Crippen LogP contribution in [0.1, 0.15) is 10.4 Å². The number of benzene rings is 2. The standard InChI is InChI=1S/C13H10N2O2S/c16-13(17)11-8-10(6-7-12(11)18)15-14-9-4-2-1-3-5-9/h1-8,18H,(H,16,17). The van der Waals surface area contributed by atoms with Crippen LogP contribution in [0.25, 0.3) is 0 Å². The van der Waals surface area contributed by atoms with E-state index in [1.54, 1.807) is 12.1 Å². The maximum absolute atomic E-state index is 10.9. The molecule has 0 unspecified atom stereocenters. The fourth-order valence-electron chi connectivity index (χ4n) is 1.37. The summed E-state index contributed by atoms with van der Waals surface area (Å²) in [5.74, 6) is -1.03. The van der Waals surface area contributed by atoms with Crippen LogP contribution in [0.3, 0.4) is 0 Å². The summed E-state index contributed by atoms with van der Waals surface area (Å²) in [5.41, 5.74) is 1.31. The van der Waals surface area contributed by atoms with Crippen LogP contribution in [0, 0.1) is 0 Å². The van der Waals surface area contributed by atoms with Crippen LogP contribution in [-0.4, -0.2) is 11.1 Å². The van der Waals surface area contributed by atoms with Crippen molar-refractivity contribution in [3.63, 3.8) is 0 Å². The average molecular weight is 258 g/mol. The molecule has 0 fully saturated rings. The van der Waals surface area contributed by atoms with Gasteiger partial charge in [-0.1, -0.05) is 18.2 Å². The third kappa shape index (κ3) is 2.95. The number of hydrogen-bond acceptors (Lipinski definition) is 4. The predicted molar refractivity (Wildman–Crippen MR) is 71.3 cm³/mol. The highest BCUT2D eigenvalue weighted by Crippen LogP contribution is 2.23. The number of carbonyl (C=O) groups is 1. The van der Waals surface area contributed by atoms with Crippen molar-refractivity contribution >= 4 is 30.0 Å². The van der Waals surface area contributed by atoms with E-state index in [9.17, 15) is 4.79 Å². The second kappa shape index (κ2) is 5.46. The molecule has 0 aliphatic carbocycles. The minimum atomic E-state index is -1.03. The molecule has 0 aliphatic heterocycles. The van der Waals surface area contributed by atoms with Gasteiger partial charge < -0.3 is 5.11 Å². The molecular weight excluding hydrogens is 248 g/mol. The molecule has 2 aromatic carbocycles. The van der Waals surface area contributed by atoms with Crippen LogP contribution in [0.4, 0.5) is 11.4 Å². The number of thiol groups is 1. The highest BCUT2D eigenvalue weighted by Gasteiger charge is 2.07. The molecule has 0 aliphatic rings. The predicted octanol–water partition coefficient (Wildman–Crippen LogP) is 4.09. The molecule has 0 atom stereocenters. The molecule has 0 amide bonds.